The molecule has 1 saturated heterocycles. The second-order valence-corrected chi connectivity index (χ2v) is 12.9. The van der Waals surface area contributed by atoms with Gasteiger partial charge in [-0.1, -0.05) is 129 Å². The molecule has 0 aliphatic carbocycles. The van der Waals surface area contributed by atoms with Crippen molar-refractivity contribution in [3.05, 3.63) is 0 Å². The van der Waals surface area contributed by atoms with Gasteiger partial charge in [-0.15, -0.1) is 0 Å². The molecule has 0 aromatic heterocycles. The van der Waals surface area contributed by atoms with E-state index in [1.54, 1.807) is 0 Å². The van der Waals surface area contributed by atoms with Gasteiger partial charge in [0.15, 0.2) is 0 Å². The molecule has 5 nitrogen and oxygen atoms in total. The molecule has 0 N–H and O–H groups in total. The zero-order valence-corrected chi connectivity index (χ0v) is 28.9. The van der Waals surface area contributed by atoms with E-state index in [1.807, 2.05) is 0 Å². The summed E-state index contributed by atoms with van der Waals surface area (Å²) in [5, 5.41) is 0. The van der Waals surface area contributed by atoms with Crippen LogP contribution in [0.25, 0.3) is 0 Å². The monoisotopic (exact) mass is 597 g/mol. The van der Waals surface area contributed by atoms with E-state index in [0.717, 1.165) is 46.1 Å². The van der Waals surface area contributed by atoms with E-state index < -0.39 is 0 Å². The highest BCUT2D eigenvalue weighted by Crippen LogP contribution is 2.12. The molecule has 1 aliphatic heterocycles. The van der Waals surface area contributed by atoms with Crippen LogP contribution in [0.4, 0.5) is 0 Å². The summed E-state index contributed by atoms with van der Waals surface area (Å²) in [6, 6.07) is 0. The first kappa shape index (κ1) is 39.8. The zero-order chi connectivity index (χ0) is 30.0. The number of ether oxygens (including phenoxy) is 3. The molecule has 0 aromatic carbocycles. The standard InChI is InChI=1S/C37H76N2O3/c1-3-5-7-9-11-13-15-17-19-22-26-38-27-24-21-25-32-40-33-30-39(31-35-42-37-36-41-34-29-38)28-23-20-18-16-14-12-10-8-6-4-2/h3-37H2,1-2H3. The Morgan fingerprint density at radius 2 is 0.690 bits per heavy atom. The second-order valence-electron chi connectivity index (χ2n) is 12.9. The van der Waals surface area contributed by atoms with Gasteiger partial charge in [0, 0.05) is 26.2 Å². The lowest BCUT2D eigenvalue weighted by Gasteiger charge is -2.23. The zero-order valence-electron chi connectivity index (χ0n) is 28.9. The van der Waals surface area contributed by atoms with E-state index in [9.17, 15) is 0 Å². The number of unbranched alkanes of at least 4 members (excludes halogenated alkanes) is 18. The summed E-state index contributed by atoms with van der Waals surface area (Å²) in [6.07, 6.45) is 31.7. The van der Waals surface area contributed by atoms with Gasteiger partial charge >= 0.3 is 0 Å². The Hall–Kier alpha value is -0.200. The molecule has 0 amide bonds. The molecule has 0 radical (unpaired) electrons. The van der Waals surface area contributed by atoms with Gasteiger partial charge in [0.2, 0.25) is 0 Å². The normalized spacial score (nSPS) is 18.1. The first-order valence-electron chi connectivity index (χ1n) is 19.0. The maximum absolute atomic E-state index is 6.06. The number of rotatable bonds is 22. The lowest BCUT2D eigenvalue weighted by atomic mass is 10.1. The van der Waals surface area contributed by atoms with E-state index in [0.29, 0.717) is 13.2 Å². The second kappa shape index (κ2) is 33.7. The average molecular weight is 597 g/mol. The first-order valence-corrected chi connectivity index (χ1v) is 19.0. The average Bonchev–Trinajstić information content (AvgIpc) is 3.00. The predicted molar refractivity (Wildman–Crippen MR) is 183 cm³/mol. The van der Waals surface area contributed by atoms with E-state index in [-0.39, 0.29) is 0 Å². The quantitative estimate of drug-likeness (QED) is 0.116. The van der Waals surface area contributed by atoms with Gasteiger partial charge in [0.1, 0.15) is 0 Å². The van der Waals surface area contributed by atoms with Crippen molar-refractivity contribution in [1.29, 1.82) is 0 Å². The lowest BCUT2D eigenvalue weighted by Crippen LogP contribution is -2.33. The predicted octanol–water partition coefficient (Wildman–Crippen LogP) is 9.67. The van der Waals surface area contributed by atoms with Crippen molar-refractivity contribution >= 4 is 0 Å². The van der Waals surface area contributed by atoms with E-state index in [1.165, 1.54) is 167 Å². The minimum Gasteiger partial charge on any atom is -0.380 e. The van der Waals surface area contributed by atoms with Crippen LogP contribution in [0.15, 0.2) is 0 Å². The maximum atomic E-state index is 6.06. The third kappa shape index (κ3) is 28.6. The van der Waals surface area contributed by atoms with Gasteiger partial charge in [-0.25, -0.2) is 0 Å². The lowest BCUT2D eigenvalue weighted by molar-refractivity contribution is 0.0257. The van der Waals surface area contributed by atoms with Gasteiger partial charge in [-0.3, -0.25) is 4.90 Å². The minimum absolute atomic E-state index is 0.709. The largest absolute Gasteiger partial charge is 0.380 e. The molecule has 0 atom stereocenters. The third-order valence-corrected chi connectivity index (χ3v) is 8.95. The molecule has 0 saturated carbocycles. The SMILES string of the molecule is CCCCCCCCCCCCN1CCCCCOCCN(CCCCCCCCCCCC)CCOCCOCC1. The molecule has 252 valence electrons. The van der Waals surface area contributed by atoms with Crippen LogP contribution in [0.3, 0.4) is 0 Å². The Kier molecular flexibility index (Phi) is 31.9. The Labute approximate surface area is 264 Å². The Morgan fingerprint density at radius 3 is 1.12 bits per heavy atom. The molecular formula is C37H76N2O3. The first-order chi connectivity index (χ1) is 20.9. The molecule has 0 spiro atoms. The highest BCUT2D eigenvalue weighted by Gasteiger charge is 2.08. The van der Waals surface area contributed by atoms with Gasteiger partial charge in [0.25, 0.3) is 0 Å². The van der Waals surface area contributed by atoms with Crippen LogP contribution < -0.4 is 0 Å². The molecule has 0 unspecified atom stereocenters. The maximum Gasteiger partial charge on any atom is 0.0701 e. The topological polar surface area (TPSA) is 34.2 Å². The highest BCUT2D eigenvalue weighted by molar-refractivity contribution is 4.61. The summed E-state index contributed by atoms with van der Waals surface area (Å²) in [4.78, 5) is 5.20. The third-order valence-electron chi connectivity index (χ3n) is 8.95. The fourth-order valence-electron chi connectivity index (χ4n) is 6.04. The van der Waals surface area contributed by atoms with Crippen LogP contribution in [0.2, 0.25) is 0 Å². The van der Waals surface area contributed by atoms with Gasteiger partial charge < -0.3 is 19.1 Å². The van der Waals surface area contributed by atoms with Crippen molar-refractivity contribution in [3.8, 4) is 0 Å². The summed E-state index contributed by atoms with van der Waals surface area (Å²) in [7, 11) is 0. The van der Waals surface area contributed by atoms with E-state index in [2.05, 4.69) is 23.6 Å². The minimum atomic E-state index is 0.709. The smallest absolute Gasteiger partial charge is 0.0701 e. The number of hydrogen-bond donors (Lipinski definition) is 0. The molecule has 1 fully saturated rings. The highest BCUT2D eigenvalue weighted by atomic mass is 16.5. The molecule has 1 heterocycles. The Morgan fingerprint density at radius 1 is 0.333 bits per heavy atom. The van der Waals surface area contributed by atoms with Gasteiger partial charge in [-0.2, -0.15) is 0 Å². The molecule has 0 bridgehead atoms. The molecular weight excluding hydrogens is 520 g/mol. The summed E-state index contributed by atoms with van der Waals surface area (Å²) >= 11 is 0. The van der Waals surface area contributed by atoms with Crippen LogP contribution >= 0.6 is 0 Å². The van der Waals surface area contributed by atoms with Gasteiger partial charge in [-0.05, 0) is 51.7 Å². The van der Waals surface area contributed by atoms with Crippen LogP contribution in [0.1, 0.15) is 162 Å². The van der Waals surface area contributed by atoms with Crippen molar-refractivity contribution in [3.63, 3.8) is 0 Å². The van der Waals surface area contributed by atoms with E-state index in [4.69, 9.17) is 14.2 Å². The summed E-state index contributed by atoms with van der Waals surface area (Å²) in [5.41, 5.74) is 0. The Balaban J connectivity index is 2.16. The van der Waals surface area contributed by atoms with Crippen molar-refractivity contribution < 1.29 is 14.2 Å². The number of hydrogen-bond acceptors (Lipinski definition) is 5. The fraction of sp³-hybridized carbons (Fsp3) is 1.00. The van der Waals surface area contributed by atoms with Crippen molar-refractivity contribution in [2.45, 2.75) is 162 Å². The molecule has 42 heavy (non-hydrogen) atoms. The molecule has 1 aliphatic rings. The fourth-order valence-corrected chi connectivity index (χ4v) is 6.04. The van der Waals surface area contributed by atoms with Gasteiger partial charge in [0.05, 0.1) is 33.0 Å². The number of nitrogens with zero attached hydrogens (tertiary/aromatic N) is 2. The summed E-state index contributed by atoms with van der Waals surface area (Å²) in [5.74, 6) is 0. The van der Waals surface area contributed by atoms with Crippen LogP contribution in [-0.2, 0) is 14.2 Å². The summed E-state index contributed by atoms with van der Waals surface area (Å²) < 4.78 is 18.0. The molecule has 0 aromatic rings. The Bertz CT molecular complexity index is 443. The molecule has 1 rings (SSSR count). The van der Waals surface area contributed by atoms with Crippen molar-refractivity contribution in [1.82, 2.24) is 9.80 Å². The van der Waals surface area contributed by atoms with Crippen molar-refractivity contribution in [2.75, 3.05) is 78.9 Å². The van der Waals surface area contributed by atoms with Crippen molar-refractivity contribution in [2.24, 2.45) is 0 Å². The van der Waals surface area contributed by atoms with Crippen LogP contribution in [0, 0.1) is 0 Å². The van der Waals surface area contributed by atoms with Crippen LogP contribution in [-0.4, -0.2) is 88.7 Å². The summed E-state index contributed by atoms with van der Waals surface area (Å²) in [6.45, 7) is 16.1. The van der Waals surface area contributed by atoms with Crippen LogP contribution in [0.5, 0.6) is 0 Å². The molecule has 5 heteroatoms. The van der Waals surface area contributed by atoms with E-state index >= 15 is 0 Å².